The number of aromatic nitrogens is 2. The highest BCUT2D eigenvalue weighted by molar-refractivity contribution is 6.31. The molecule has 38 heavy (non-hydrogen) atoms. The van der Waals surface area contributed by atoms with Gasteiger partial charge in [-0.05, 0) is 55.8 Å². The van der Waals surface area contributed by atoms with Crippen LogP contribution in [0.4, 0.5) is 5.69 Å². The SMILES string of the molecule is CC[C@@H](C)Oc1c(C=Nn2c(-c3cc4cc(Cl)ccc4o3)nc3ccccc3c2=O)cc(Cl)cc1[N+](=O)[O-]. The minimum absolute atomic E-state index is 0.000716. The summed E-state index contributed by atoms with van der Waals surface area (Å²) in [6, 6.07) is 16.4. The lowest BCUT2D eigenvalue weighted by Gasteiger charge is -2.15. The second-order valence-electron chi connectivity index (χ2n) is 8.54. The van der Waals surface area contributed by atoms with Gasteiger partial charge < -0.3 is 9.15 Å². The number of benzene rings is 3. The molecule has 0 N–H and O–H groups in total. The molecule has 11 heteroatoms. The molecule has 0 saturated carbocycles. The first-order valence-electron chi connectivity index (χ1n) is 11.7. The lowest BCUT2D eigenvalue weighted by Crippen LogP contribution is -2.20. The van der Waals surface area contributed by atoms with E-state index in [1.54, 1.807) is 55.5 Å². The minimum Gasteiger partial charge on any atom is -0.483 e. The van der Waals surface area contributed by atoms with Crippen LogP contribution in [0.2, 0.25) is 10.0 Å². The molecule has 0 spiro atoms. The van der Waals surface area contributed by atoms with Crippen molar-refractivity contribution in [2.45, 2.75) is 26.4 Å². The first-order chi connectivity index (χ1) is 18.2. The summed E-state index contributed by atoms with van der Waals surface area (Å²) < 4.78 is 12.9. The number of furan rings is 1. The molecule has 0 aliphatic heterocycles. The Hall–Kier alpha value is -4.21. The molecule has 9 nitrogen and oxygen atoms in total. The van der Waals surface area contributed by atoms with Crippen LogP contribution in [0.5, 0.6) is 5.75 Å². The predicted molar refractivity (Wildman–Crippen MR) is 148 cm³/mol. The van der Waals surface area contributed by atoms with Gasteiger partial charge in [0.25, 0.3) is 5.56 Å². The molecule has 0 bridgehead atoms. The van der Waals surface area contributed by atoms with Gasteiger partial charge in [0.05, 0.1) is 28.1 Å². The fourth-order valence-corrected chi connectivity index (χ4v) is 4.28. The summed E-state index contributed by atoms with van der Waals surface area (Å²) >= 11 is 12.3. The summed E-state index contributed by atoms with van der Waals surface area (Å²) in [5.41, 5.74) is 0.472. The Morgan fingerprint density at radius 1 is 1.16 bits per heavy atom. The molecule has 2 aromatic heterocycles. The smallest absolute Gasteiger partial charge is 0.313 e. The zero-order chi connectivity index (χ0) is 27.0. The number of para-hydroxylation sites is 1. The van der Waals surface area contributed by atoms with Gasteiger partial charge in [0.2, 0.25) is 11.6 Å². The van der Waals surface area contributed by atoms with Crippen molar-refractivity contribution in [3.63, 3.8) is 0 Å². The van der Waals surface area contributed by atoms with Crippen molar-refractivity contribution in [2.75, 3.05) is 0 Å². The molecule has 3 aromatic carbocycles. The normalized spacial score (nSPS) is 12.4. The molecular formula is C27H20Cl2N4O5. The van der Waals surface area contributed by atoms with Crippen LogP contribution in [0, 0.1) is 10.1 Å². The van der Waals surface area contributed by atoms with Gasteiger partial charge in [-0.2, -0.15) is 9.78 Å². The third-order valence-corrected chi connectivity index (χ3v) is 6.37. The van der Waals surface area contributed by atoms with Crippen LogP contribution in [0.15, 0.2) is 75.0 Å². The van der Waals surface area contributed by atoms with Crippen LogP contribution >= 0.6 is 23.2 Å². The van der Waals surface area contributed by atoms with E-state index in [1.165, 1.54) is 18.3 Å². The fraction of sp³-hybridized carbons (Fsp3) is 0.148. The van der Waals surface area contributed by atoms with Gasteiger partial charge in [-0.25, -0.2) is 4.98 Å². The molecule has 192 valence electrons. The van der Waals surface area contributed by atoms with Gasteiger partial charge in [0.1, 0.15) is 5.58 Å². The van der Waals surface area contributed by atoms with Crippen LogP contribution in [0.25, 0.3) is 33.5 Å². The third-order valence-electron chi connectivity index (χ3n) is 5.92. The molecule has 0 fully saturated rings. The van der Waals surface area contributed by atoms with Crippen LogP contribution in [0.3, 0.4) is 0 Å². The second kappa shape index (κ2) is 10.3. The second-order valence-corrected chi connectivity index (χ2v) is 9.42. The largest absolute Gasteiger partial charge is 0.483 e. The van der Waals surface area contributed by atoms with Gasteiger partial charge in [-0.15, -0.1) is 0 Å². The molecule has 5 aromatic rings. The summed E-state index contributed by atoms with van der Waals surface area (Å²) in [6.45, 7) is 3.69. The number of hydrogen-bond donors (Lipinski definition) is 0. The summed E-state index contributed by atoms with van der Waals surface area (Å²) in [5.74, 6) is 0.424. The van der Waals surface area contributed by atoms with E-state index in [-0.39, 0.29) is 39.7 Å². The molecule has 0 amide bonds. The molecule has 0 saturated heterocycles. The fourth-order valence-electron chi connectivity index (χ4n) is 3.88. The summed E-state index contributed by atoms with van der Waals surface area (Å²) in [5, 5.41) is 17.9. The zero-order valence-corrected chi connectivity index (χ0v) is 21.7. The highest BCUT2D eigenvalue weighted by Gasteiger charge is 2.23. The van der Waals surface area contributed by atoms with E-state index in [9.17, 15) is 14.9 Å². The monoisotopic (exact) mass is 550 g/mol. The van der Waals surface area contributed by atoms with Crippen molar-refractivity contribution in [1.29, 1.82) is 0 Å². The van der Waals surface area contributed by atoms with Gasteiger partial charge in [0, 0.05) is 27.1 Å². The standard InChI is InChI=1S/C27H20Cl2N4O5/c1-3-15(2)37-25-17(11-19(29)13-22(25)33(35)36)14-30-32-26(31-21-7-5-4-6-20(21)27(32)34)24-12-16-10-18(28)8-9-23(16)38-24/h4-15H,3H2,1-2H3/t15-/m1/s1. The number of nitro groups is 1. The topological polar surface area (TPSA) is 113 Å². The highest BCUT2D eigenvalue weighted by Crippen LogP contribution is 2.35. The lowest BCUT2D eigenvalue weighted by atomic mass is 10.1. The minimum atomic E-state index is -0.574. The van der Waals surface area contributed by atoms with E-state index in [0.717, 1.165) is 10.1 Å². The summed E-state index contributed by atoms with van der Waals surface area (Å²) in [7, 11) is 0. The number of rotatable bonds is 7. The Bertz CT molecular complexity index is 1790. The van der Waals surface area contributed by atoms with E-state index >= 15 is 0 Å². The number of fused-ring (bicyclic) bond motifs is 2. The summed E-state index contributed by atoms with van der Waals surface area (Å²) in [4.78, 5) is 29.4. The van der Waals surface area contributed by atoms with E-state index in [1.807, 2.05) is 6.92 Å². The molecule has 5 rings (SSSR count). The maximum Gasteiger partial charge on any atom is 0.313 e. The number of hydrogen-bond acceptors (Lipinski definition) is 7. The summed E-state index contributed by atoms with van der Waals surface area (Å²) in [6.07, 6.45) is 1.59. The average molecular weight is 551 g/mol. The molecule has 0 aliphatic rings. The number of nitrogens with zero attached hydrogens (tertiary/aromatic N) is 4. The van der Waals surface area contributed by atoms with Gasteiger partial charge in [-0.3, -0.25) is 14.9 Å². The zero-order valence-electron chi connectivity index (χ0n) is 20.2. The number of halogens is 2. The van der Waals surface area contributed by atoms with Crippen molar-refractivity contribution in [3.8, 4) is 17.3 Å². The van der Waals surface area contributed by atoms with Crippen LogP contribution < -0.4 is 10.3 Å². The number of nitro benzene ring substituents is 1. The number of ether oxygens (including phenoxy) is 1. The average Bonchev–Trinajstić information content (AvgIpc) is 3.32. The van der Waals surface area contributed by atoms with Crippen LogP contribution in [-0.2, 0) is 0 Å². The van der Waals surface area contributed by atoms with Gasteiger partial charge in [-0.1, -0.05) is 42.3 Å². The maximum atomic E-state index is 13.5. The Morgan fingerprint density at radius 2 is 1.95 bits per heavy atom. The first kappa shape index (κ1) is 25.4. The quantitative estimate of drug-likeness (QED) is 0.121. The highest BCUT2D eigenvalue weighted by atomic mass is 35.5. The van der Waals surface area contributed by atoms with Gasteiger partial charge >= 0.3 is 5.69 Å². The maximum absolute atomic E-state index is 13.5. The molecular weight excluding hydrogens is 531 g/mol. The van der Waals surface area contributed by atoms with Crippen molar-refractivity contribution in [1.82, 2.24) is 9.66 Å². The van der Waals surface area contributed by atoms with E-state index in [2.05, 4.69) is 10.1 Å². The van der Waals surface area contributed by atoms with Crippen molar-refractivity contribution >= 4 is 57.0 Å². The third kappa shape index (κ3) is 4.85. The van der Waals surface area contributed by atoms with Crippen LogP contribution in [0.1, 0.15) is 25.8 Å². The van der Waals surface area contributed by atoms with E-state index < -0.39 is 10.5 Å². The van der Waals surface area contributed by atoms with Gasteiger partial charge in [0.15, 0.2) is 5.76 Å². The molecule has 0 radical (unpaired) electrons. The molecule has 2 heterocycles. The lowest BCUT2D eigenvalue weighted by molar-refractivity contribution is -0.386. The molecule has 0 unspecified atom stereocenters. The van der Waals surface area contributed by atoms with E-state index in [0.29, 0.717) is 27.9 Å². The Morgan fingerprint density at radius 3 is 2.71 bits per heavy atom. The Labute approximate surface area is 226 Å². The van der Waals surface area contributed by atoms with Crippen molar-refractivity contribution < 1.29 is 14.1 Å². The predicted octanol–water partition coefficient (Wildman–Crippen LogP) is 7.08. The van der Waals surface area contributed by atoms with Crippen molar-refractivity contribution in [3.05, 3.63) is 96.7 Å². The first-order valence-corrected chi connectivity index (χ1v) is 12.4. The Balaban J connectivity index is 1.73. The Kier molecular flexibility index (Phi) is 6.88. The van der Waals surface area contributed by atoms with E-state index in [4.69, 9.17) is 32.4 Å². The van der Waals surface area contributed by atoms with Crippen LogP contribution in [-0.4, -0.2) is 26.9 Å². The molecule has 0 aliphatic carbocycles. The molecule has 1 atom stereocenters. The van der Waals surface area contributed by atoms with Crippen molar-refractivity contribution in [2.24, 2.45) is 5.10 Å².